The van der Waals surface area contributed by atoms with E-state index < -0.39 is 52.6 Å². The van der Waals surface area contributed by atoms with E-state index in [-0.39, 0.29) is 22.3 Å². The third-order valence-electron chi connectivity index (χ3n) is 11.0. The number of benzene rings is 2. The van der Waals surface area contributed by atoms with Crippen LogP contribution in [-0.2, 0) is 52.2 Å². The number of phenolic OH excluding ortho intramolecular Hbond substituents is 2. The Labute approximate surface area is 316 Å². The Hall–Kier alpha value is -3.18. The van der Waals surface area contributed by atoms with Gasteiger partial charge in [-0.2, -0.15) is 0 Å². The molecule has 0 aromatic heterocycles. The fourth-order valence-corrected chi connectivity index (χ4v) is 7.87. The minimum absolute atomic E-state index is 0.247. The lowest BCUT2D eigenvalue weighted by Crippen LogP contribution is -2.56. The molecule has 2 aromatic carbocycles. The van der Waals surface area contributed by atoms with Gasteiger partial charge in [-0.05, 0) is 83.7 Å². The molecular weight excluding hydrogens is 676 g/mol. The summed E-state index contributed by atoms with van der Waals surface area (Å²) in [6.07, 6.45) is 0.00519. The lowest BCUT2D eigenvalue weighted by molar-refractivity contribution is -0.335. The number of ether oxygens (including phenoxy) is 4. The molecule has 2 aliphatic rings. The zero-order chi connectivity index (χ0) is 39.9. The number of carboxylic acid groups (broad SMARTS) is 2. The maximum absolute atomic E-state index is 12.5. The Morgan fingerprint density at radius 1 is 0.623 bits per heavy atom. The van der Waals surface area contributed by atoms with E-state index in [0.29, 0.717) is 52.1 Å². The van der Waals surface area contributed by atoms with E-state index in [2.05, 4.69) is 0 Å². The Bertz CT molecular complexity index is 1500. The van der Waals surface area contributed by atoms with Crippen molar-refractivity contribution in [2.75, 3.05) is 26.4 Å². The lowest BCUT2D eigenvalue weighted by atomic mass is 9.77. The summed E-state index contributed by atoms with van der Waals surface area (Å²) in [7, 11) is 0. The van der Waals surface area contributed by atoms with Crippen molar-refractivity contribution >= 4 is 11.9 Å². The Morgan fingerprint density at radius 3 is 1.19 bits per heavy atom. The second-order valence-electron chi connectivity index (χ2n) is 19.4. The first kappa shape index (κ1) is 42.6. The second kappa shape index (κ2) is 15.5. The van der Waals surface area contributed by atoms with Crippen LogP contribution in [0, 0.1) is 41.9 Å². The molecule has 4 N–H and O–H groups in total. The average Bonchev–Trinajstić information content (AvgIpc) is 3.02. The predicted octanol–water partition coefficient (Wildman–Crippen LogP) is 8.06. The lowest BCUT2D eigenvalue weighted by Gasteiger charge is -2.49. The first-order valence-corrected chi connectivity index (χ1v) is 18.8. The number of carbonyl (C=O) groups is 2. The van der Waals surface area contributed by atoms with E-state index in [9.17, 15) is 30.0 Å². The van der Waals surface area contributed by atoms with E-state index >= 15 is 0 Å². The predicted molar refractivity (Wildman–Crippen MR) is 203 cm³/mol. The molecule has 296 valence electrons. The monoisotopic (exact) mass is 740 g/mol. The standard InChI is InChI=1S/C43H64O10/c1-25-13-27(17-31(33(25)44)39(3,4)5)15-29(35(46)47)19-41(9,10)37-50-21-43(22-51-37)23-52-38(53-24-43)42(11,12)20-30(36(48)49)16-28-14-26(2)34(45)32(18-28)40(6,7)8/h13-14,17-18,29-30,37-38,44-45H,15-16,19-24H2,1-12H3,(H,46,47)(H,48,49). The summed E-state index contributed by atoms with van der Waals surface area (Å²) < 4.78 is 25.2. The topological polar surface area (TPSA) is 152 Å². The molecule has 0 aliphatic carbocycles. The van der Waals surface area contributed by atoms with Gasteiger partial charge in [0.05, 0.1) is 43.7 Å². The first-order chi connectivity index (χ1) is 24.2. The van der Waals surface area contributed by atoms with Gasteiger partial charge in [0, 0.05) is 10.8 Å². The fraction of sp³-hybridized carbons (Fsp3) is 0.674. The van der Waals surface area contributed by atoms with Gasteiger partial charge in [-0.25, -0.2) is 0 Å². The molecular formula is C43H64O10. The maximum Gasteiger partial charge on any atom is 0.306 e. The van der Waals surface area contributed by atoms with Crippen LogP contribution in [0.5, 0.6) is 11.5 Å². The number of hydrogen-bond acceptors (Lipinski definition) is 8. The summed E-state index contributed by atoms with van der Waals surface area (Å²) in [5, 5.41) is 41.8. The smallest absolute Gasteiger partial charge is 0.306 e. The van der Waals surface area contributed by atoms with Crippen LogP contribution < -0.4 is 0 Å². The Kier molecular flexibility index (Phi) is 12.5. The molecule has 2 atom stereocenters. The zero-order valence-corrected chi connectivity index (χ0v) is 34.0. The van der Waals surface area contributed by atoms with Crippen molar-refractivity contribution in [3.63, 3.8) is 0 Å². The number of aryl methyl sites for hydroxylation is 2. The average molecular weight is 741 g/mol. The molecule has 0 amide bonds. The van der Waals surface area contributed by atoms with Crippen molar-refractivity contribution in [2.45, 2.75) is 132 Å². The van der Waals surface area contributed by atoms with Gasteiger partial charge in [0.1, 0.15) is 11.5 Å². The number of aromatic hydroxyl groups is 2. The molecule has 2 saturated heterocycles. The van der Waals surface area contributed by atoms with Crippen molar-refractivity contribution in [3.8, 4) is 11.5 Å². The van der Waals surface area contributed by atoms with Crippen molar-refractivity contribution in [1.29, 1.82) is 0 Å². The maximum atomic E-state index is 12.5. The Balaban J connectivity index is 1.36. The molecule has 0 bridgehead atoms. The molecule has 2 aromatic rings. The van der Waals surface area contributed by atoms with E-state index in [1.54, 1.807) is 0 Å². The summed E-state index contributed by atoms with van der Waals surface area (Å²) in [6.45, 7) is 24.9. The van der Waals surface area contributed by atoms with Crippen molar-refractivity contribution < 1.29 is 49.0 Å². The van der Waals surface area contributed by atoms with Crippen molar-refractivity contribution in [2.24, 2.45) is 28.1 Å². The summed E-state index contributed by atoms with van der Waals surface area (Å²) in [5.74, 6) is -2.68. The molecule has 0 saturated carbocycles. The van der Waals surface area contributed by atoms with Crippen LogP contribution in [0.3, 0.4) is 0 Å². The normalized spacial score (nSPS) is 22.8. The van der Waals surface area contributed by atoms with Crippen LogP contribution in [0.1, 0.15) is 115 Å². The van der Waals surface area contributed by atoms with Gasteiger partial charge in [0.2, 0.25) is 0 Å². The van der Waals surface area contributed by atoms with Gasteiger partial charge >= 0.3 is 11.9 Å². The molecule has 10 nitrogen and oxygen atoms in total. The van der Waals surface area contributed by atoms with Crippen LogP contribution in [0.25, 0.3) is 0 Å². The summed E-state index contributed by atoms with van der Waals surface area (Å²) >= 11 is 0. The molecule has 0 radical (unpaired) electrons. The van der Waals surface area contributed by atoms with Crippen molar-refractivity contribution in [3.05, 3.63) is 57.6 Å². The van der Waals surface area contributed by atoms with Crippen LogP contribution in [0.4, 0.5) is 0 Å². The molecule has 2 fully saturated rings. The molecule has 2 unspecified atom stereocenters. The second-order valence-corrected chi connectivity index (χ2v) is 19.4. The van der Waals surface area contributed by atoms with E-state index in [0.717, 1.165) is 33.4 Å². The number of rotatable bonds is 12. The summed E-state index contributed by atoms with van der Waals surface area (Å²) in [6, 6.07) is 7.56. The highest BCUT2D eigenvalue weighted by molar-refractivity contribution is 5.71. The SMILES string of the molecule is Cc1cc(CC(CC(C)(C)C2OCC3(CO2)COC(C(C)(C)CC(Cc2cc(C)c(O)c(C(C)(C)C)c2)C(=O)O)OC3)C(=O)O)cc(C(C)(C)C)c1O. The minimum Gasteiger partial charge on any atom is -0.507 e. The number of phenols is 2. The summed E-state index contributed by atoms with van der Waals surface area (Å²) in [5.41, 5.74) is 2.39. The molecule has 1 spiro atoms. The van der Waals surface area contributed by atoms with Gasteiger partial charge in [-0.1, -0.05) is 93.5 Å². The number of hydrogen-bond donors (Lipinski definition) is 4. The van der Waals surface area contributed by atoms with Crippen molar-refractivity contribution in [1.82, 2.24) is 0 Å². The third-order valence-corrected chi connectivity index (χ3v) is 11.0. The quantitative estimate of drug-likeness (QED) is 0.168. The van der Waals surface area contributed by atoms with Gasteiger partial charge < -0.3 is 39.4 Å². The van der Waals surface area contributed by atoms with Crippen LogP contribution in [-0.4, -0.2) is 71.4 Å². The molecule has 53 heavy (non-hydrogen) atoms. The first-order valence-electron chi connectivity index (χ1n) is 18.8. The van der Waals surface area contributed by atoms with E-state index in [1.165, 1.54) is 0 Å². The zero-order valence-electron chi connectivity index (χ0n) is 34.0. The number of aliphatic carboxylic acids is 2. The van der Waals surface area contributed by atoms with E-state index in [1.807, 2.05) is 107 Å². The van der Waals surface area contributed by atoms with Crippen LogP contribution in [0.15, 0.2) is 24.3 Å². The highest BCUT2D eigenvalue weighted by Crippen LogP contribution is 2.43. The van der Waals surface area contributed by atoms with E-state index in [4.69, 9.17) is 18.9 Å². The molecule has 2 aliphatic heterocycles. The highest BCUT2D eigenvalue weighted by atomic mass is 16.7. The Morgan fingerprint density at radius 2 is 0.925 bits per heavy atom. The molecule has 4 rings (SSSR count). The van der Waals surface area contributed by atoms with Gasteiger partial charge in [0.25, 0.3) is 0 Å². The van der Waals surface area contributed by atoms with Crippen LogP contribution >= 0.6 is 0 Å². The fourth-order valence-electron chi connectivity index (χ4n) is 7.87. The van der Waals surface area contributed by atoms with Crippen LogP contribution in [0.2, 0.25) is 0 Å². The number of carboxylic acids is 2. The summed E-state index contributed by atoms with van der Waals surface area (Å²) in [4.78, 5) is 25.0. The molecule has 10 heteroatoms. The largest absolute Gasteiger partial charge is 0.507 e. The minimum atomic E-state index is -0.894. The van der Waals surface area contributed by atoms with Gasteiger partial charge in [-0.3, -0.25) is 9.59 Å². The van der Waals surface area contributed by atoms with Gasteiger partial charge in [0.15, 0.2) is 12.6 Å². The third kappa shape index (κ3) is 10.1. The molecule has 2 heterocycles. The highest BCUT2D eigenvalue weighted by Gasteiger charge is 2.49. The van der Waals surface area contributed by atoms with Gasteiger partial charge in [-0.15, -0.1) is 0 Å².